The predicted molar refractivity (Wildman–Crippen MR) is 49.3 cm³/mol. The molecule has 1 unspecified atom stereocenters. The summed E-state index contributed by atoms with van der Waals surface area (Å²) in [6.45, 7) is 1.28. The molecule has 0 N–H and O–H groups in total. The zero-order chi connectivity index (χ0) is 7.97. The normalized spacial score (nSPS) is 26.8. The molecular weight excluding hydrogens is 146 g/mol. The first-order valence-corrected chi connectivity index (χ1v) is 5.13. The van der Waals surface area contributed by atoms with E-state index >= 15 is 0 Å². The van der Waals surface area contributed by atoms with Gasteiger partial charge in [-0.25, -0.2) is 0 Å². The number of aryl methyl sites for hydroxylation is 2. The molecule has 0 amide bonds. The van der Waals surface area contributed by atoms with Gasteiger partial charge in [0.25, 0.3) is 0 Å². The summed E-state index contributed by atoms with van der Waals surface area (Å²) in [5, 5.41) is 0. The van der Waals surface area contributed by atoms with Crippen molar-refractivity contribution < 1.29 is 0 Å². The fourth-order valence-corrected chi connectivity index (χ4v) is 2.85. The minimum atomic E-state index is 0.914. The smallest absolute Gasteiger partial charge is 0.0238 e. The average Bonchev–Trinajstić information content (AvgIpc) is 2.57. The highest BCUT2D eigenvalue weighted by atomic mass is 15.0. The van der Waals surface area contributed by atoms with E-state index in [0.29, 0.717) is 0 Å². The van der Waals surface area contributed by atoms with Crippen molar-refractivity contribution in [2.75, 3.05) is 0 Å². The van der Waals surface area contributed by atoms with Gasteiger partial charge in [-0.3, -0.25) is 0 Å². The van der Waals surface area contributed by atoms with E-state index in [2.05, 4.69) is 16.8 Å². The van der Waals surface area contributed by atoms with Crippen molar-refractivity contribution in [2.24, 2.45) is 0 Å². The summed E-state index contributed by atoms with van der Waals surface area (Å²) in [5.41, 5.74) is 3.34. The maximum atomic E-state index is 2.48. The van der Waals surface area contributed by atoms with Crippen LogP contribution in [0.4, 0.5) is 0 Å². The SMILES string of the molecule is c1cn2c3c1CCCCC3CC2. The third-order valence-corrected chi connectivity index (χ3v) is 3.45. The molecule has 0 saturated heterocycles. The molecule has 1 aliphatic heterocycles. The molecule has 1 aliphatic carbocycles. The van der Waals surface area contributed by atoms with Crippen LogP contribution >= 0.6 is 0 Å². The summed E-state index contributed by atoms with van der Waals surface area (Å²) in [6.07, 6.45) is 9.32. The third kappa shape index (κ3) is 0.796. The molecule has 2 heterocycles. The lowest BCUT2D eigenvalue weighted by molar-refractivity contribution is 0.583. The van der Waals surface area contributed by atoms with E-state index in [1.54, 1.807) is 11.3 Å². The summed E-state index contributed by atoms with van der Waals surface area (Å²) in [5.74, 6) is 0.914. The number of hydrogen-bond donors (Lipinski definition) is 0. The van der Waals surface area contributed by atoms with E-state index in [1.807, 2.05) is 0 Å². The van der Waals surface area contributed by atoms with Gasteiger partial charge in [0.15, 0.2) is 0 Å². The summed E-state index contributed by atoms with van der Waals surface area (Å²) < 4.78 is 2.48. The Morgan fingerprint density at radius 1 is 1.25 bits per heavy atom. The second-order valence-corrected chi connectivity index (χ2v) is 4.15. The molecule has 1 nitrogen and oxygen atoms in total. The van der Waals surface area contributed by atoms with Crippen molar-refractivity contribution in [2.45, 2.75) is 44.6 Å². The van der Waals surface area contributed by atoms with Crippen LogP contribution in [0, 0.1) is 0 Å². The topological polar surface area (TPSA) is 4.93 Å². The fourth-order valence-electron chi connectivity index (χ4n) is 2.85. The lowest BCUT2D eigenvalue weighted by atomic mass is 9.99. The Kier molecular flexibility index (Phi) is 1.34. The van der Waals surface area contributed by atoms with Crippen LogP contribution in [0.1, 0.15) is 42.9 Å². The molecular formula is C11H15N. The number of aromatic nitrogens is 1. The van der Waals surface area contributed by atoms with Gasteiger partial charge in [-0.15, -0.1) is 0 Å². The van der Waals surface area contributed by atoms with Gasteiger partial charge < -0.3 is 4.57 Å². The molecule has 12 heavy (non-hydrogen) atoms. The van der Waals surface area contributed by atoms with Crippen LogP contribution < -0.4 is 0 Å². The average molecular weight is 161 g/mol. The molecule has 0 bridgehead atoms. The van der Waals surface area contributed by atoms with E-state index in [0.717, 1.165) is 5.92 Å². The Morgan fingerprint density at radius 2 is 2.25 bits per heavy atom. The molecule has 1 aromatic rings. The standard InChI is InChI=1S/C11H15N/c1-2-4-10-6-8-12-7-5-9(3-1)11(10)12/h5,7,10H,1-4,6,8H2. The zero-order valence-electron chi connectivity index (χ0n) is 7.42. The first-order valence-electron chi connectivity index (χ1n) is 5.13. The maximum absolute atomic E-state index is 2.48. The van der Waals surface area contributed by atoms with Gasteiger partial charge in [0.05, 0.1) is 0 Å². The van der Waals surface area contributed by atoms with E-state index in [9.17, 15) is 0 Å². The summed E-state index contributed by atoms with van der Waals surface area (Å²) in [6, 6.07) is 2.34. The molecule has 64 valence electrons. The molecule has 0 spiro atoms. The van der Waals surface area contributed by atoms with Crippen molar-refractivity contribution in [3.8, 4) is 0 Å². The molecule has 0 radical (unpaired) electrons. The van der Waals surface area contributed by atoms with Crippen LogP contribution in [0.5, 0.6) is 0 Å². The summed E-state index contributed by atoms with van der Waals surface area (Å²) >= 11 is 0. The maximum Gasteiger partial charge on any atom is 0.0238 e. The summed E-state index contributed by atoms with van der Waals surface area (Å²) in [7, 11) is 0. The van der Waals surface area contributed by atoms with Crippen LogP contribution in [0.3, 0.4) is 0 Å². The van der Waals surface area contributed by atoms with Crippen LogP contribution in [-0.2, 0) is 13.0 Å². The highest BCUT2D eigenvalue weighted by Crippen LogP contribution is 2.38. The first-order chi connectivity index (χ1) is 5.95. The summed E-state index contributed by atoms with van der Waals surface area (Å²) in [4.78, 5) is 0. The monoisotopic (exact) mass is 161 g/mol. The fraction of sp³-hybridized carbons (Fsp3) is 0.636. The second-order valence-electron chi connectivity index (χ2n) is 4.15. The van der Waals surface area contributed by atoms with Gasteiger partial charge in [0.1, 0.15) is 0 Å². The van der Waals surface area contributed by atoms with Crippen molar-refractivity contribution in [3.63, 3.8) is 0 Å². The number of nitrogens with zero attached hydrogens (tertiary/aromatic N) is 1. The minimum absolute atomic E-state index is 0.914. The minimum Gasteiger partial charge on any atom is -0.351 e. The van der Waals surface area contributed by atoms with Gasteiger partial charge in [-0.1, -0.05) is 6.42 Å². The molecule has 0 saturated carbocycles. The number of rotatable bonds is 0. The lowest BCUT2D eigenvalue weighted by Gasteiger charge is -2.05. The van der Waals surface area contributed by atoms with E-state index in [-0.39, 0.29) is 0 Å². The van der Waals surface area contributed by atoms with Gasteiger partial charge in [0.2, 0.25) is 0 Å². The molecule has 3 rings (SSSR count). The van der Waals surface area contributed by atoms with Crippen LogP contribution in [-0.4, -0.2) is 4.57 Å². The van der Waals surface area contributed by atoms with Gasteiger partial charge in [-0.05, 0) is 37.3 Å². The van der Waals surface area contributed by atoms with E-state index in [4.69, 9.17) is 0 Å². The quantitative estimate of drug-likeness (QED) is 0.551. The predicted octanol–water partition coefficient (Wildman–Crippen LogP) is 2.70. The lowest BCUT2D eigenvalue weighted by Crippen LogP contribution is -1.93. The van der Waals surface area contributed by atoms with Gasteiger partial charge in [-0.2, -0.15) is 0 Å². The van der Waals surface area contributed by atoms with E-state index < -0.39 is 0 Å². The molecule has 0 fully saturated rings. The highest BCUT2D eigenvalue weighted by molar-refractivity contribution is 5.29. The molecule has 1 atom stereocenters. The number of hydrogen-bond acceptors (Lipinski definition) is 0. The Balaban J connectivity index is 2.13. The van der Waals surface area contributed by atoms with Crippen LogP contribution in [0.2, 0.25) is 0 Å². The van der Waals surface area contributed by atoms with Crippen LogP contribution in [0.15, 0.2) is 12.3 Å². The molecule has 1 aromatic heterocycles. The van der Waals surface area contributed by atoms with Crippen molar-refractivity contribution in [3.05, 3.63) is 23.5 Å². The van der Waals surface area contributed by atoms with Crippen molar-refractivity contribution in [1.29, 1.82) is 0 Å². The Labute approximate surface area is 73.4 Å². The Bertz CT molecular complexity index is 298. The third-order valence-electron chi connectivity index (χ3n) is 3.45. The Hall–Kier alpha value is -0.720. The molecule has 2 aliphatic rings. The second kappa shape index (κ2) is 2.38. The van der Waals surface area contributed by atoms with Crippen molar-refractivity contribution >= 4 is 0 Å². The van der Waals surface area contributed by atoms with Gasteiger partial charge in [0, 0.05) is 24.4 Å². The van der Waals surface area contributed by atoms with E-state index in [1.165, 1.54) is 38.6 Å². The van der Waals surface area contributed by atoms with Gasteiger partial charge >= 0.3 is 0 Å². The highest BCUT2D eigenvalue weighted by Gasteiger charge is 2.26. The first kappa shape index (κ1) is 6.76. The molecule has 0 aromatic carbocycles. The zero-order valence-corrected chi connectivity index (χ0v) is 7.42. The van der Waals surface area contributed by atoms with Crippen molar-refractivity contribution in [1.82, 2.24) is 4.57 Å². The largest absolute Gasteiger partial charge is 0.351 e. The van der Waals surface area contributed by atoms with Crippen LogP contribution in [0.25, 0.3) is 0 Å². The Morgan fingerprint density at radius 3 is 3.25 bits per heavy atom. The molecule has 1 heteroatoms.